The Kier molecular flexibility index (Phi) is 4.90. The molecule has 0 bridgehead atoms. The van der Waals surface area contributed by atoms with Gasteiger partial charge < -0.3 is 5.32 Å². The molecule has 0 aromatic heterocycles. The van der Waals surface area contributed by atoms with Crippen molar-refractivity contribution in [1.82, 2.24) is 10.0 Å². The first-order valence-electron chi connectivity index (χ1n) is 6.67. The summed E-state index contributed by atoms with van der Waals surface area (Å²) in [4.78, 5) is -0.720. The monoisotopic (exact) mass is 322 g/mol. The molecule has 1 fully saturated rings. The van der Waals surface area contributed by atoms with E-state index in [9.17, 15) is 21.6 Å². The maximum atomic E-state index is 12.8. The van der Waals surface area contributed by atoms with Crippen molar-refractivity contribution in [2.75, 3.05) is 19.6 Å². The van der Waals surface area contributed by atoms with Gasteiger partial charge in [-0.2, -0.15) is 13.2 Å². The van der Waals surface area contributed by atoms with Crippen LogP contribution in [-0.2, 0) is 16.2 Å². The van der Waals surface area contributed by atoms with E-state index < -0.39 is 26.7 Å². The van der Waals surface area contributed by atoms with Crippen LogP contribution in [0.3, 0.4) is 0 Å². The Balaban J connectivity index is 2.08. The van der Waals surface area contributed by atoms with Gasteiger partial charge in [0, 0.05) is 6.54 Å². The average molecular weight is 322 g/mol. The molecule has 4 nitrogen and oxygen atoms in total. The van der Waals surface area contributed by atoms with Crippen molar-refractivity contribution in [1.29, 1.82) is 0 Å². The summed E-state index contributed by atoms with van der Waals surface area (Å²) < 4.78 is 64.9. The van der Waals surface area contributed by atoms with Gasteiger partial charge in [0.05, 0.1) is 10.5 Å². The van der Waals surface area contributed by atoms with Gasteiger partial charge in [0.25, 0.3) is 0 Å². The first-order valence-corrected chi connectivity index (χ1v) is 8.15. The zero-order chi connectivity index (χ0) is 15.5. The highest BCUT2D eigenvalue weighted by Crippen LogP contribution is 2.33. The van der Waals surface area contributed by atoms with Crippen molar-refractivity contribution in [2.24, 2.45) is 5.92 Å². The molecular formula is C13H17F3N2O2S. The predicted octanol–water partition coefficient (Wildman–Crippen LogP) is 1.98. The Hall–Kier alpha value is -1.12. The topological polar surface area (TPSA) is 58.2 Å². The molecule has 1 aliphatic rings. The van der Waals surface area contributed by atoms with Crippen LogP contribution in [0.1, 0.15) is 18.4 Å². The minimum atomic E-state index is -4.69. The van der Waals surface area contributed by atoms with Crippen molar-refractivity contribution < 1.29 is 21.6 Å². The minimum Gasteiger partial charge on any atom is -0.316 e. The van der Waals surface area contributed by atoms with Crippen LogP contribution in [0.15, 0.2) is 29.2 Å². The molecule has 0 unspecified atom stereocenters. The molecule has 0 amide bonds. The minimum absolute atomic E-state index is 0.140. The van der Waals surface area contributed by atoms with E-state index in [1.165, 1.54) is 12.1 Å². The summed E-state index contributed by atoms with van der Waals surface area (Å²) >= 11 is 0. The molecule has 0 saturated carbocycles. The second-order valence-electron chi connectivity index (χ2n) is 5.04. The van der Waals surface area contributed by atoms with E-state index in [4.69, 9.17) is 0 Å². The van der Waals surface area contributed by atoms with Gasteiger partial charge in [-0.25, -0.2) is 13.1 Å². The van der Waals surface area contributed by atoms with E-state index in [0.717, 1.165) is 31.6 Å². The number of hydrogen-bond donors (Lipinski definition) is 2. The summed E-state index contributed by atoms with van der Waals surface area (Å²) in [5.41, 5.74) is -1.14. The Labute approximate surface area is 121 Å². The second-order valence-corrected chi connectivity index (χ2v) is 6.77. The van der Waals surface area contributed by atoms with Crippen LogP contribution in [0.4, 0.5) is 13.2 Å². The second kappa shape index (κ2) is 6.33. The molecular weight excluding hydrogens is 305 g/mol. The molecule has 1 aromatic carbocycles. The van der Waals surface area contributed by atoms with Crippen LogP contribution in [0, 0.1) is 5.92 Å². The average Bonchev–Trinajstić information content (AvgIpc) is 2.91. The fourth-order valence-electron chi connectivity index (χ4n) is 2.37. The Bertz CT molecular complexity index is 581. The Morgan fingerprint density at radius 3 is 2.62 bits per heavy atom. The van der Waals surface area contributed by atoms with E-state index in [0.29, 0.717) is 12.3 Å². The number of nitrogens with one attached hydrogen (secondary N) is 2. The van der Waals surface area contributed by atoms with Crippen molar-refractivity contribution in [3.63, 3.8) is 0 Å². The molecule has 1 aromatic rings. The number of alkyl halides is 3. The lowest BCUT2D eigenvalue weighted by molar-refractivity contribution is -0.139. The van der Waals surface area contributed by atoms with E-state index in [2.05, 4.69) is 10.0 Å². The van der Waals surface area contributed by atoms with Crippen molar-refractivity contribution in [3.8, 4) is 0 Å². The van der Waals surface area contributed by atoms with Gasteiger partial charge in [0.15, 0.2) is 0 Å². The van der Waals surface area contributed by atoms with Gasteiger partial charge in [-0.3, -0.25) is 0 Å². The number of rotatable bonds is 5. The lowest BCUT2D eigenvalue weighted by Gasteiger charge is -2.14. The van der Waals surface area contributed by atoms with Gasteiger partial charge in [0.2, 0.25) is 10.0 Å². The molecule has 0 spiro atoms. The highest BCUT2D eigenvalue weighted by Gasteiger charge is 2.36. The molecule has 21 heavy (non-hydrogen) atoms. The maximum Gasteiger partial charge on any atom is 0.417 e. The number of benzene rings is 1. The number of sulfonamides is 1. The van der Waals surface area contributed by atoms with Gasteiger partial charge in [-0.1, -0.05) is 12.1 Å². The zero-order valence-corrected chi connectivity index (χ0v) is 12.1. The maximum absolute atomic E-state index is 12.8. The van der Waals surface area contributed by atoms with Crippen LogP contribution in [0.5, 0.6) is 0 Å². The third kappa shape index (κ3) is 4.18. The molecule has 8 heteroatoms. The summed E-state index contributed by atoms with van der Waals surface area (Å²) in [5, 5.41) is 3.15. The van der Waals surface area contributed by atoms with Crippen LogP contribution < -0.4 is 10.0 Å². The summed E-state index contributed by atoms with van der Waals surface area (Å²) in [5.74, 6) is 0.366. The third-order valence-electron chi connectivity index (χ3n) is 3.49. The molecule has 0 radical (unpaired) electrons. The van der Waals surface area contributed by atoms with E-state index in [-0.39, 0.29) is 6.54 Å². The lowest BCUT2D eigenvalue weighted by Crippen LogP contribution is -2.28. The first-order chi connectivity index (χ1) is 9.81. The van der Waals surface area contributed by atoms with E-state index in [1.54, 1.807) is 0 Å². The Morgan fingerprint density at radius 2 is 2.00 bits per heavy atom. The summed E-state index contributed by atoms with van der Waals surface area (Å²) in [6.07, 6.45) is -3.12. The lowest BCUT2D eigenvalue weighted by atomic mass is 10.1. The van der Waals surface area contributed by atoms with Crippen molar-refractivity contribution in [2.45, 2.75) is 23.9 Å². The smallest absolute Gasteiger partial charge is 0.316 e. The quantitative estimate of drug-likeness (QED) is 0.871. The summed E-state index contributed by atoms with van der Waals surface area (Å²) in [6, 6.07) is 4.20. The normalized spacial score (nSPS) is 19.9. The van der Waals surface area contributed by atoms with Gasteiger partial charge in [-0.05, 0) is 44.0 Å². The third-order valence-corrected chi connectivity index (χ3v) is 5.01. The predicted molar refractivity (Wildman–Crippen MR) is 72.2 cm³/mol. The van der Waals surface area contributed by atoms with Gasteiger partial charge in [0.1, 0.15) is 0 Å². The fourth-order valence-corrected chi connectivity index (χ4v) is 3.64. The molecule has 2 rings (SSSR count). The van der Waals surface area contributed by atoms with Crippen molar-refractivity contribution >= 4 is 10.0 Å². The molecule has 0 aliphatic carbocycles. The van der Waals surface area contributed by atoms with Crippen molar-refractivity contribution in [3.05, 3.63) is 29.8 Å². The van der Waals surface area contributed by atoms with Crippen LogP contribution in [0.25, 0.3) is 0 Å². The van der Waals surface area contributed by atoms with E-state index >= 15 is 0 Å². The standard InChI is InChI=1S/C13H17F3N2O2S/c14-13(15,16)11-3-1-2-4-12(11)21(19,20)18-8-6-10-5-7-17-9-10/h1-4,10,17-18H,5-9H2/t10-/m1/s1. The molecule has 2 N–H and O–H groups in total. The van der Waals surface area contributed by atoms with Gasteiger partial charge in [-0.15, -0.1) is 0 Å². The molecule has 1 aliphatic heterocycles. The van der Waals surface area contributed by atoms with Crippen LogP contribution >= 0.6 is 0 Å². The zero-order valence-electron chi connectivity index (χ0n) is 11.3. The summed E-state index contributed by atoms with van der Waals surface area (Å²) in [7, 11) is -4.16. The van der Waals surface area contributed by atoms with E-state index in [1.807, 2.05) is 0 Å². The highest BCUT2D eigenvalue weighted by molar-refractivity contribution is 7.89. The number of halogens is 3. The largest absolute Gasteiger partial charge is 0.417 e. The first kappa shape index (κ1) is 16.3. The van der Waals surface area contributed by atoms with Gasteiger partial charge >= 0.3 is 6.18 Å². The SMILES string of the molecule is O=S(=O)(NCC[C@H]1CCNC1)c1ccccc1C(F)(F)F. The fraction of sp³-hybridized carbons (Fsp3) is 0.538. The molecule has 1 saturated heterocycles. The van der Waals surface area contributed by atoms with Crippen LogP contribution in [-0.4, -0.2) is 28.1 Å². The summed E-state index contributed by atoms with van der Waals surface area (Å²) in [6.45, 7) is 1.86. The molecule has 118 valence electrons. The molecule has 1 atom stereocenters. The molecule has 1 heterocycles. The highest BCUT2D eigenvalue weighted by atomic mass is 32.2. The van der Waals surface area contributed by atoms with Crippen LogP contribution in [0.2, 0.25) is 0 Å². The number of hydrogen-bond acceptors (Lipinski definition) is 3. The Morgan fingerprint density at radius 1 is 1.29 bits per heavy atom.